The molecule has 0 saturated carbocycles. The Balaban J connectivity index is 4.92. The monoisotopic (exact) mass is 274 g/mol. The Morgan fingerprint density at radius 1 is 1.12 bits per heavy atom. The van der Waals surface area contributed by atoms with Gasteiger partial charge >= 0.3 is 18.3 Å². The van der Waals surface area contributed by atoms with Gasteiger partial charge in [-0.2, -0.15) is 26.3 Å². The largest absolute Gasteiger partial charge is 0.461 e. The molecular formula is C6H5ClF6O3. The third-order valence-electron chi connectivity index (χ3n) is 1.49. The number of esters is 1. The zero-order chi connectivity index (χ0) is 13.2. The quantitative estimate of drug-likeness (QED) is 0.483. The van der Waals surface area contributed by atoms with Crippen LogP contribution in [0, 0.1) is 0 Å². The van der Waals surface area contributed by atoms with E-state index < -0.39 is 36.4 Å². The molecule has 0 atom stereocenters. The number of ether oxygens (including phenoxy) is 1. The molecule has 0 aliphatic heterocycles. The second-order valence-corrected chi connectivity index (χ2v) is 2.92. The van der Waals surface area contributed by atoms with Gasteiger partial charge in [0.25, 0.3) is 5.60 Å². The summed E-state index contributed by atoms with van der Waals surface area (Å²) in [5.41, 5.74) is -5.10. The third kappa shape index (κ3) is 3.14. The van der Waals surface area contributed by atoms with Gasteiger partial charge < -0.3 is 9.84 Å². The van der Waals surface area contributed by atoms with Crippen LogP contribution >= 0.6 is 11.6 Å². The molecule has 0 aromatic rings. The summed E-state index contributed by atoms with van der Waals surface area (Å²) in [6, 6.07) is 0. The molecular weight excluding hydrogens is 270 g/mol. The smallest absolute Gasteiger partial charge is 0.429 e. The van der Waals surface area contributed by atoms with E-state index in [1.165, 1.54) is 0 Å². The molecule has 16 heavy (non-hydrogen) atoms. The van der Waals surface area contributed by atoms with Crippen LogP contribution in [0.15, 0.2) is 0 Å². The predicted octanol–water partition coefficient (Wildman–Crippen LogP) is 1.62. The number of halogens is 7. The minimum Gasteiger partial charge on any atom is -0.461 e. The van der Waals surface area contributed by atoms with E-state index in [-0.39, 0.29) is 0 Å². The standard InChI is InChI=1S/C6H5ClF6O3/c7-1-3(14)16-2-4(15,5(8,9)10)6(11,12)13/h15H,1-2H2. The van der Waals surface area contributed by atoms with Crippen molar-refractivity contribution in [3.8, 4) is 0 Å². The van der Waals surface area contributed by atoms with Crippen molar-refractivity contribution in [3.63, 3.8) is 0 Å². The van der Waals surface area contributed by atoms with E-state index in [1.54, 1.807) is 0 Å². The molecule has 0 fully saturated rings. The van der Waals surface area contributed by atoms with Crippen LogP contribution in [-0.2, 0) is 9.53 Å². The molecule has 0 aliphatic rings. The molecule has 10 heteroatoms. The summed E-state index contributed by atoms with van der Waals surface area (Å²) in [4.78, 5) is 10.3. The Morgan fingerprint density at radius 3 is 1.75 bits per heavy atom. The lowest BCUT2D eigenvalue weighted by atomic mass is 10.1. The van der Waals surface area contributed by atoms with Crippen LogP contribution in [0.4, 0.5) is 26.3 Å². The summed E-state index contributed by atoms with van der Waals surface area (Å²) < 4.78 is 75.3. The maximum Gasteiger partial charge on any atom is 0.429 e. The van der Waals surface area contributed by atoms with Crippen molar-refractivity contribution in [1.82, 2.24) is 0 Å². The number of carbonyl (C=O) groups is 1. The fraction of sp³-hybridized carbons (Fsp3) is 0.833. The van der Waals surface area contributed by atoms with E-state index in [1.807, 2.05) is 0 Å². The van der Waals surface area contributed by atoms with Gasteiger partial charge in [0, 0.05) is 0 Å². The highest BCUT2D eigenvalue weighted by molar-refractivity contribution is 6.26. The van der Waals surface area contributed by atoms with Crippen LogP contribution in [0.2, 0.25) is 0 Å². The molecule has 1 N–H and O–H groups in total. The van der Waals surface area contributed by atoms with Crippen LogP contribution in [0.25, 0.3) is 0 Å². The van der Waals surface area contributed by atoms with Gasteiger partial charge in [0.1, 0.15) is 12.5 Å². The normalized spacial score (nSPS) is 13.8. The number of hydrogen-bond acceptors (Lipinski definition) is 3. The highest BCUT2D eigenvalue weighted by Crippen LogP contribution is 2.43. The van der Waals surface area contributed by atoms with Crippen LogP contribution in [0.1, 0.15) is 0 Å². The topological polar surface area (TPSA) is 46.5 Å². The molecule has 0 aliphatic carbocycles. The Labute approximate surface area is 89.9 Å². The first-order valence-electron chi connectivity index (χ1n) is 3.53. The molecule has 0 aromatic heterocycles. The van der Waals surface area contributed by atoms with E-state index in [9.17, 15) is 31.1 Å². The first kappa shape index (κ1) is 15.3. The Kier molecular flexibility index (Phi) is 4.46. The molecule has 0 bridgehead atoms. The zero-order valence-electron chi connectivity index (χ0n) is 7.32. The average Bonchev–Trinajstić information content (AvgIpc) is 2.09. The van der Waals surface area contributed by atoms with Crippen LogP contribution < -0.4 is 0 Å². The van der Waals surface area contributed by atoms with Gasteiger partial charge in [0.05, 0.1) is 0 Å². The SMILES string of the molecule is O=C(CCl)OCC(O)(C(F)(F)F)C(F)(F)F. The lowest BCUT2D eigenvalue weighted by molar-refractivity contribution is -0.375. The van der Waals surface area contributed by atoms with Gasteiger partial charge in [-0.25, -0.2) is 0 Å². The van der Waals surface area contributed by atoms with Gasteiger partial charge in [-0.3, -0.25) is 4.79 Å². The highest BCUT2D eigenvalue weighted by Gasteiger charge is 2.71. The van der Waals surface area contributed by atoms with E-state index in [4.69, 9.17) is 16.7 Å². The molecule has 0 unspecified atom stereocenters. The molecule has 96 valence electrons. The van der Waals surface area contributed by atoms with Crippen LogP contribution in [-0.4, -0.2) is 41.5 Å². The number of rotatable bonds is 3. The molecule has 0 radical (unpaired) electrons. The maximum atomic E-state index is 12.0. The van der Waals surface area contributed by atoms with Crippen molar-refractivity contribution < 1.29 is 41.0 Å². The first-order chi connectivity index (χ1) is 6.95. The van der Waals surface area contributed by atoms with Crippen molar-refractivity contribution in [2.24, 2.45) is 0 Å². The van der Waals surface area contributed by atoms with E-state index in [0.717, 1.165) is 0 Å². The van der Waals surface area contributed by atoms with Gasteiger partial charge in [0.2, 0.25) is 0 Å². The third-order valence-corrected chi connectivity index (χ3v) is 1.71. The second-order valence-electron chi connectivity index (χ2n) is 2.65. The summed E-state index contributed by atoms with van der Waals surface area (Å²) in [7, 11) is 0. The molecule has 0 aromatic carbocycles. The minimum atomic E-state index is -6.02. The van der Waals surface area contributed by atoms with E-state index in [2.05, 4.69) is 4.74 Å². The maximum absolute atomic E-state index is 12.0. The van der Waals surface area contributed by atoms with E-state index >= 15 is 0 Å². The Morgan fingerprint density at radius 2 is 1.50 bits per heavy atom. The highest BCUT2D eigenvalue weighted by atomic mass is 35.5. The number of aliphatic hydroxyl groups is 1. The predicted molar refractivity (Wildman–Crippen MR) is 38.7 cm³/mol. The molecule has 0 rings (SSSR count). The Bertz CT molecular complexity index is 246. The molecule has 0 spiro atoms. The summed E-state index contributed by atoms with van der Waals surface area (Å²) in [5, 5.41) is 8.46. The Hall–Kier alpha value is -0.700. The van der Waals surface area contributed by atoms with E-state index in [0.29, 0.717) is 0 Å². The summed E-state index contributed by atoms with van der Waals surface area (Å²) in [6.45, 7) is -2.29. The lowest BCUT2D eigenvalue weighted by Gasteiger charge is -2.31. The first-order valence-corrected chi connectivity index (χ1v) is 4.06. The van der Waals surface area contributed by atoms with Gasteiger partial charge in [-0.15, -0.1) is 11.6 Å². The van der Waals surface area contributed by atoms with Crippen molar-refractivity contribution in [2.45, 2.75) is 18.0 Å². The van der Waals surface area contributed by atoms with Crippen molar-refractivity contribution in [2.75, 3.05) is 12.5 Å². The van der Waals surface area contributed by atoms with Crippen LogP contribution in [0.5, 0.6) is 0 Å². The van der Waals surface area contributed by atoms with Crippen molar-refractivity contribution in [1.29, 1.82) is 0 Å². The molecule has 0 amide bonds. The van der Waals surface area contributed by atoms with Gasteiger partial charge in [-0.05, 0) is 0 Å². The molecule has 0 heterocycles. The molecule has 3 nitrogen and oxygen atoms in total. The van der Waals surface area contributed by atoms with Crippen LogP contribution in [0.3, 0.4) is 0 Å². The van der Waals surface area contributed by atoms with Crippen molar-refractivity contribution >= 4 is 17.6 Å². The molecule has 0 saturated heterocycles. The summed E-state index contributed by atoms with van der Waals surface area (Å²) >= 11 is 4.79. The fourth-order valence-electron chi connectivity index (χ4n) is 0.548. The number of alkyl halides is 7. The lowest BCUT2D eigenvalue weighted by Crippen LogP contribution is -2.60. The number of carbonyl (C=O) groups excluding carboxylic acids is 1. The summed E-state index contributed by atoms with van der Waals surface area (Å²) in [6.07, 6.45) is -12.0. The second kappa shape index (κ2) is 4.66. The summed E-state index contributed by atoms with van der Waals surface area (Å²) in [5.74, 6) is -2.43. The fourth-order valence-corrected chi connectivity index (χ4v) is 0.625. The zero-order valence-corrected chi connectivity index (χ0v) is 8.08. The minimum absolute atomic E-state index is 0.925. The average molecular weight is 275 g/mol. The van der Waals surface area contributed by atoms with Gasteiger partial charge in [0.15, 0.2) is 0 Å². The number of hydrogen-bond donors (Lipinski definition) is 1. The van der Waals surface area contributed by atoms with Gasteiger partial charge in [-0.1, -0.05) is 0 Å². The van der Waals surface area contributed by atoms with Crippen molar-refractivity contribution in [3.05, 3.63) is 0 Å².